The van der Waals surface area contributed by atoms with E-state index in [4.69, 9.17) is 4.74 Å². The Labute approximate surface area is 142 Å². The molecular weight excluding hydrogens is 298 g/mol. The number of carbonyl (C=O) groups is 1. The SMILES string of the molecule is CC[C@@H](Oc1ccccc1)C(=O)NCc1cccc2ccccc12. The molecule has 0 fully saturated rings. The zero-order chi connectivity index (χ0) is 16.8. The minimum Gasteiger partial charge on any atom is -0.481 e. The molecule has 1 N–H and O–H groups in total. The molecular formula is C21H21NO2. The first-order chi connectivity index (χ1) is 11.8. The summed E-state index contributed by atoms with van der Waals surface area (Å²) >= 11 is 0. The molecule has 0 bridgehead atoms. The molecule has 0 saturated carbocycles. The van der Waals surface area contributed by atoms with Crippen molar-refractivity contribution in [2.45, 2.75) is 26.0 Å². The Morgan fingerprint density at radius 1 is 0.958 bits per heavy atom. The molecule has 3 nitrogen and oxygen atoms in total. The quantitative estimate of drug-likeness (QED) is 0.735. The third-order valence-electron chi connectivity index (χ3n) is 4.02. The van der Waals surface area contributed by atoms with E-state index < -0.39 is 6.10 Å². The van der Waals surface area contributed by atoms with Crippen LogP contribution >= 0.6 is 0 Å². The first-order valence-electron chi connectivity index (χ1n) is 8.24. The van der Waals surface area contributed by atoms with Gasteiger partial charge in [0.1, 0.15) is 5.75 Å². The lowest BCUT2D eigenvalue weighted by molar-refractivity contribution is -0.128. The number of fused-ring (bicyclic) bond motifs is 1. The Bertz CT molecular complexity index is 809. The third kappa shape index (κ3) is 3.74. The summed E-state index contributed by atoms with van der Waals surface area (Å²) in [7, 11) is 0. The smallest absolute Gasteiger partial charge is 0.261 e. The first kappa shape index (κ1) is 16.1. The lowest BCUT2D eigenvalue weighted by atomic mass is 10.0. The van der Waals surface area contributed by atoms with Crippen LogP contribution in [0.15, 0.2) is 72.8 Å². The standard InChI is InChI=1S/C21H21NO2/c1-2-20(24-18-12-4-3-5-13-18)21(23)22-15-17-11-8-10-16-9-6-7-14-19(16)17/h3-14,20H,2,15H2,1H3,(H,22,23)/t20-/m1/s1. The summed E-state index contributed by atoms with van der Waals surface area (Å²) in [5.74, 6) is 0.624. The van der Waals surface area contributed by atoms with E-state index in [0.717, 1.165) is 10.9 Å². The van der Waals surface area contributed by atoms with Crippen LogP contribution in [0.4, 0.5) is 0 Å². The maximum atomic E-state index is 12.5. The average molecular weight is 319 g/mol. The van der Waals surface area contributed by atoms with Gasteiger partial charge in [-0.2, -0.15) is 0 Å². The van der Waals surface area contributed by atoms with Crippen molar-refractivity contribution < 1.29 is 9.53 Å². The molecule has 1 amide bonds. The van der Waals surface area contributed by atoms with Crippen LogP contribution in [-0.4, -0.2) is 12.0 Å². The minimum atomic E-state index is -0.484. The molecule has 0 aliphatic carbocycles. The monoisotopic (exact) mass is 319 g/mol. The van der Waals surface area contributed by atoms with Crippen molar-refractivity contribution in [2.24, 2.45) is 0 Å². The average Bonchev–Trinajstić information content (AvgIpc) is 2.65. The summed E-state index contributed by atoms with van der Waals surface area (Å²) in [5.41, 5.74) is 1.11. The van der Waals surface area contributed by atoms with Gasteiger partial charge in [0.15, 0.2) is 6.10 Å². The summed E-state index contributed by atoms with van der Waals surface area (Å²) in [6.07, 6.45) is 0.137. The van der Waals surface area contributed by atoms with E-state index in [2.05, 4.69) is 23.5 Å². The van der Waals surface area contributed by atoms with Crippen LogP contribution in [0.3, 0.4) is 0 Å². The number of ether oxygens (including phenoxy) is 1. The molecule has 0 aliphatic heterocycles. The van der Waals surface area contributed by atoms with E-state index in [1.54, 1.807) is 0 Å². The maximum absolute atomic E-state index is 12.5. The summed E-state index contributed by atoms with van der Waals surface area (Å²) in [6.45, 7) is 2.44. The Morgan fingerprint density at radius 3 is 2.46 bits per heavy atom. The van der Waals surface area contributed by atoms with Gasteiger partial charge in [-0.25, -0.2) is 0 Å². The van der Waals surface area contributed by atoms with Gasteiger partial charge >= 0.3 is 0 Å². The maximum Gasteiger partial charge on any atom is 0.261 e. The normalized spacial score (nSPS) is 11.9. The summed E-state index contributed by atoms with van der Waals surface area (Å²) < 4.78 is 5.79. The Morgan fingerprint density at radius 2 is 1.67 bits per heavy atom. The highest BCUT2D eigenvalue weighted by molar-refractivity contribution is 5.86. The van der Waals surface area contributed by atoms with Gasteiger partial charge in [-0.05, 0) is 34.9 Å². The van der Waals surface area contributed by atoms with Crippen molar-refractivity contribution in [1.82, 2.24) is 5.32 Å². The number of amides is 1. The number of nitrogens with one attached hydrogen (secondary N) is 1. The molecule has 3 rings (SSSR count). The summed E-state index contributed by atoms with van der Waals surface area (Å²) in [4.78, 5) is 12.5. The van der Waals surface area contributed by atoms with Crippen molar-refractivity contribution in [1.29, 1.82) is 0 Å². The Kier molecular flexibility index (Phi) is 5.12. The highest BCUT2D eigenvalue weighted by Crippen LogP contribution is 2.18. The Hall–Kier alpha value is -2.81. The van der Waals surface area contributed by atoms with Gasteiger partial charge in [0.25, 0.3) is 5.91 Å². The van der Waals surface area contributed by atoms with E-state index in [9.17, 15) is 4.79 Å². The van der Waals surface area contributed by atoms with Crippen molar-refractivity contribution in [3.05, 3.63) is 78.4 Å². The predicted octanol–water partition coefficient (Wildman–Crippen LogP) is 4.31. The van der Waals surface area contributed by atoms with E-state index in [1.807, 2.05) is 61.5 Å². The topological polar surface area (TPSA) is 38.3 Å². The second kappa shape index (κ2) is 7.64. The zero-order valence-corrected chi connectivity index (χ0v) is 13.7. The van der Waals surface area contributed by atoms with Gasteiger partial charge in [0.2, 0.25) is 0 Å². The van der Waals surface area contributed by atoms with Crippen LogP contribution in [0.1, 0.15) is 18.9 Å². The molecule has 0 radical (unpaired) electrons. The van der Waals surface area contributed by atoms with Crippen LogP contribution in [-0.2, 0) is 11.3 Å². The number of para-hydroxylation sites is 1. The van der Waals surface area contributed by atoms with Crippen LogP contribution in [0.2, 0.25) is 0 Å². The second-order valence-electron chi connectivity index (χ2n) is 5.68. The van der Waals surface area contributed by atoms with Gasteiger partial charge in [0.05, 0.1) is 0 Å². The van der Waals surface area contributed by atoms with E-state index in [1.165, 1.54) is 5.39 Å². The van der Waals surface area contributed by atoms with Crippen LogP contribution in [0.25, 0.3) is 10.8 Å². The van der Waals surface area contributed by atoms with E-state index in [0.29, 0.717) is 18.7 Å². The highest BCUT2D eigenvalue weighted by Gasteiger charge is 2.18. The number of rotatable bonds is 6. The summed E-state index contributed by atoms with van der Waals surface area (Å²) in [6, 6.07) is 23.8. The fourth-order valence-electron chi connectivity index (χ4n) is 2.73. The fraction of sp³-hybridized carbons (Fsp3) is 0.190. The van der Waals surface area contributed by atoms with Crippen molar-refractivity contribution in [3.63, 3.8) is 0 Å². The van der Waals surface area contributed by atoms with Gasteiger partial charge < -0.3 is 10.1 Å². The summed E-state index contributed by atoms with van der Waals surface area (Å²) in [5, 5.41) is 5.34. The lowest BCUT2D eigenvalue weighted by Gasteiger charge is -2.17. The molecule has 3 heteroatoms. The van der Waals surface area contributed by atoms with E-state index in [-0.39, 0.29) is 5.91 Å². The minimum absolute atomic E-state index is 0.0886. The van der Waals surface area contributed by atoms with Crippen LogP contribution < -0.4 is 10.1 Å². The molecule has 122 valence electrons. The van der Waals surface area contributed by atoms with Gasteiger partial charge in [-0.15, -0.1) is 0 Å². The largest absolute Gasteiger partial charge is 0.481 e. The van der Waals surface area contributed by atoms with Crippen molar-refractivity contribution in [3.8, 4) is 5.75 Å². The molecule has 3 aromatic rings. The molecule has 0 aromatic heterocycles. The van der Waals surface area contributed by atoms with Crippen molar-refractivity contribution in [2.75, 3.05) is 0 Å². The van der Waals surface area contributed by atoms with E-state index >= 15 is 0 Å². The number of hydrogen-bond donors (Lipinski definition) is 1. The highest BCUT2D eigenvalue weighted by atomic mass is 16.5. The number of hydrogen-bond acceptors (Lipinski definition) is 2. The molecule has 0 unspecified atom stereocenters. The van der Waals surface area contributed by atoms with Crippen LogP contribution in [0.5, 0.6) is 5.75 Å². The third-order valence-corrected chi connectivity index (χ3v) is 4.02. The first-order valence-corrected chi connectivity index (χ1v) is 8.24. The lowest BCUT2D eigenvalue weighted by Crippen LogP contribution is -2.37. The predicted molar refractivity (Wildman–Crippen MR) is 96.9 cm³/mol. The molecule has 0 heterocycles. The van der Waals surface area contributed by atoms with Crippen molar-refractivity contribution >= 4 is 16.7 Å². The van der Waals surface area contributed by atoms with Gasteiger partial charge in [0, 0.05) is 6.54 Å². The number of carbonyl (C=O) groups excluding carboxylic acids is 1. The molecule has 1 atom stereocenters. The van der Waals surface area contributed by atoms with Gasteiger partial charge in [-0.3, -0.25) is 4.79 Å². The molecule has 0 aliphatic rings. The Balaban J connectivity index is 1.67. The zero-order valence-electron chi connectivity index (χ0n) is 13.7. The fourth-order valence-corrected chi connectivity index (χ4v) is 2.73. The molecule has 3 aromatic carbocycles. The van der Waals surface area contributed by atoms with Gasteiger partial charge in [-0.1, -0.05) is 67.6 Å². The molecule has 0 spiro atoms. The second-order valence-corrected chi connectivity index (χ2v) is 5.68. The number of benzene rings is 3. The molecule has 24 heavy (non-hydrogen) atoms. The molecule has 0 saturated heterocycles. The van der Waals surface area contributed by atoms with Crippen LogP contribution in [0, 0.1) is 0 Å².